The summed E-state index contributed by atoms with van der Waals surface area (Å²) in [5.74, 6) is 0. The largest absolute Gasteiger partial charge is 0.0654 e. The molecule has 0 heteroatoms. The molecule has 0 spiro atoms. The average molecular weight is 811 g/mol. The van der Waals surface area contributed by atoms with Crippen molar-refractivity contribution in [2.45, 2.75) is 118 Å². The second-order valence-electron chi connectivity index (χ2n) is 18.1. The van der Waals surface area contributed by atoms with Gasteiger partial charge in [0.25, 0.3) is 0 Å². The van der Waals surface area contributed by atoms with Crippen LogP contribution in [0.3, 0.4) is 0 Å². The van der Waals surface area contributed by atoms with Crippen LogP contribution in [-0.2, 0) is 12.8 Å². The summed E-state index contributed by atoms with van der Waals surface area (Å²) in [6, 6.07) is 60.2. The van der Waals surface area contributed by atoms with Crippen LogP contribution in [0.5, 0.6) is 0 Å². The van der Waals surface area contributed by atoms with Crippen molar-refractivity contribution in [3.05, 3.63) is 180 Å². The van der Waals surface area contributed by atoms with Gasteiger partial charge in [0.05, 0.1) is 0 Å². The van der Waals surface area contributed by atoms with Crippen molar-refractivity contribution in [3.63, 3.8) is 0 Å². The van der Waals surface area contributed by atoms with Gasteiger partial charge in [-0.05, 0) is 188 Å². The Morgan fingerprint density at radius 2 is 0.742 bits per heavy atom. The number of benzene rings is 8. The number of rotatable bonds is 19. The molecule has 0 aliphatic rings. The molecule has 0 fully saturated rings. The van der Waals surface area contributed by atoms with Crippen LogP contribution in [0.4, 0.5) is 0 Å². The van der Waals surface area contributed by atoms with E-state index in [9.17, 15) is 0 Å². The Kier molecular flexibility index (Phi) is 14.5. The maximum absolute atomic E-state index is 2.60. The molecule has 0 bridgehead atoms. The molecule has 0 aromatic heterocycles. The normalized spacial score (nSPS) is 11.5. The number of hydrogen-bond donors (Lipinski definition) is 0. The molecule has 0 saturated heterocycles. The van der Waals surface area contributed by atoms with Crippen LogP contribution in [0, 0.1) is 13.8 Å². The molecular formula is C62H66. The second-order valence-corrected chi connectivity index (χ2v) is 18.1. The Hall–Kier alpha value is -5.72. The molecule has 0 amide bonds. The zero-order valence-corrected chi connectivity index (χ0v) is 37.9. The smallest absolute Gasteiger partial charge is 0.0149 e. The summed E-state index contributed by atoms with van der Waals surface area (Å²) < 4.78 is 0. The zero-order chi connectivity index (χ0) is 42.7. The summed E-state index contributed by atoms with van der Waals surface area (Å²) in [6.07, 6.45) is 18.0. The van der Waals surface area contributed by atoms with Gasteiger partial charge in [-0.3, -0.25) is 0 Å². The number of fused-ring (bicyclic) bond motifs is 2. The first-order valence-electron chi connectivity index (χ1n) is 23.9. The molecule has 0 heterocycles. The third kappa shape index (κ3) is 10.7. The lowest BCUT2D eigenvalue weighted by molar-refractivity contribution is 0.605. The van der Waals surface area contributed by atoms with E-state index in [1.165, 1.54) is 176 Å². The van der Waals surface area contributed by atoms with E-state index in [0.717, 1.165) is 12.8 Å². The maximum atomic E-state index is 2.60. The lowest BCUT2D eigenvalue weighted by Gasteiger charge is -2.19. The maximum Gasteiger partial charge on any atom is -0.0149 e. The van der Waals surface area contributed by atoms with Crippen LogP contribution in [0.1, 0.15) is 113 Å². The third-order valence-electron chi connectivity index (χ3n) is 13.2. The molecule has 0 radical (unpaired) electrons. The molecule has 62 heavy (non-hydrogen) atoms. The third-order valence-corrected chi connectivity index (χ3v) is 13.2. The van der Waals surface area contributed by atoms with E-state index in [1.807, 2.05) is 0 Å². The Bertz CT molecular complexity index is 2660. The fourth-order valence-electron chi connectivity index (χ4n) is 9.55. The van der Waals surface area contributed by atoms with Crippen molar-refractivity contribution in [2.24, 2.45) is 0 Å². The van der Waals surface area contributed by atoms with Crippen LogP contribution < -0.4 is 0 Å². The first kappa shape index (κ1) is 42.9. The zero-order valence-electron chi connectivity index (χ0n) is 37.9. The van der Waals surface area contributed by atoms with Gasteiger partial charge in [-0.15, -0.1) is 0 Å². The van der Waals surface area contributed by atoms with E-state index < -0.39 is 0 Å². The molecule has 0 unspecified atom stereocenters. The van der Waals surface area contributed by atoms with E-state index in [0.29, 0.717) is 0 Å². The highest BCUT2D eigenvalue weighted by molar-refractivity contribution is 6.00. The summed E-state index contributed by atoms with van der Waals surface area (Å²) in [7, 11) is 0. The highest BCUT2D eigenvalue weighted by Crippen LogP contribution is 2.40. The fraction of sp³-hybridized carbons (Fsp3) is 0.290. The van der Waals surface area contributed by atoms with E-state index in [4.69, 9.17) is 0 Å². The summed E-state index contributed by atoms with van der Waals surface area (Å²) >= 11 is 0. The van der Waals surface area contributed by atoms with Gasteiger partial charge in [0.2, 0.25) is 0 Å². The SMILES string of the molecule is CCCCCCCCc1cc(-c2cc(-c3cc(-c4ccccc4)cc(-c4ccccc4)c3)cc(-c3ccc4cc5cc(C)ccc5cc4c3)c2)c(CCCCCCCC)cc1C. The highest BCUT2D eigenvalue weighted by Gasteiger charge is 2.16. The highest BCUT2D eigenvalue weighted by atomic mass is 14.2. The molecule has 0 N–H and O–H groups in total. The van der Waals surface area contributed by atoms with Crippen molar-refractivity contribution < 1.29 is 0 Å². The van der Waals surface area contributed by atoms with Crippen LogP contribution in [0.25, 0.3) is 77.2 Å². The fourth-order valence-corrected chi connectivity index (χ4v) is 9.55. The van der Waals surface area contributed by atoms with Gasteiger partial charge in [0.15, 0.2) is 0 Å². The van der Waals surface area contributed by atoms with Crippen LogP contribution in [-0.4, -0.2) is 0 Å². The summed E-state index contributed by atoms with van der Waals surface area (Å²) in [5.41, 5.74) is 18.5. The molecule has 8 aromatic rings. The average Bonchev–Trinajstić information content (AvgIpc) is 3.31. The minimum atomic E-state index is 1.11. The van der Waals surface area contributed by atoms with Gasteiger partial charge in [-0.2, -0.15) is 0 Å². The first-order valence-corrected chi connectivity index (χ1v) is 23.9. The van der Waals surface area contributed by atoms with Crippen molar-refractivity contribution in [2.75, 3.05) is 0 Å². The molecule has 314 valence electrons. The number of unbranched alkanes of at least 4 members (excludes halogenated alkanes) is 10. The minimum absolute atomic E-state index is 1.11. The molecule has 8 rings (SSSR count). The minimum Gasteiger partial charge on any atom is -0.0654 e. The van der Waals surface area contributed by atoms with E-state index in [-0.39, 0.29) is 0 Å². The monoisotopic (exact) mass is 811 g/mol. The van der Waals surface area contributed by atoms with E-state index in [1.54, 1.807) is 0 Å². The predicted octanol–water partition coefficient (Wildman–Crippen LogP) is 18.8. The Balaban J connectivity index is 1.29. The molecule has 0 aliphatic carbocycles. The van der Waals surface area contributed by atoms with Crippen molar-refractivity contribution in [1.82, 2.24) is 0 Å². The molecule has 0 saturated carbocycles. The molecule has 0 atom stereocenters. The van der Waals surface area contributed by atoms with Gasteiger partial charge in [0.1, 0.15) is 0 Å². The summed E-state index contributed by atoms with van der Waals surface area (Å²) in [6.45, 7) is 9.16. The van der Waals surface area contributed by atoms with E-state index in [2.05, 4.69) is 185 Å². The van der Waals surface area contributed by atoms with Crippen LogP contribution in [0.15, 0.2) is 158 Å². The lowest BCUT2D eigenvalue weighted by Crippen LogP contribution is -1.99. The van der Waals surface area contributed by atoms with Crippen molar-refractivity contribution in [1.29, 1.82) is 0 Å². The Morgan fingerprint density at radius 1 is 0.290 bits per heavy atom. The number of hydrogen-bond acceptors (Lipinski definition) is 0. The van der Waals surface area contributed by atoms with Crippen LogP contribution in [0.2, 0.25) is 0 Å². The Morgan fingerprint density at radius 3 is 1.31 bits per heavy atom. The van der Waals surface area contributed by atoms with Gasteiger partial charge < -0.3 is 0 Å². The van der Waals surface area contributed by atoms with Crippen LogP contribution >= 0.6 is 0 Å². The topological polar surface area (TPSA) is 0 Å². The number of aryl methyl sites for hydroxylation is 4. The van der Waals surface area contributed by atoms with Gasteiger partial charge >= 0.3 is 0 Å². The van der Waals surface area contributed by atoms with Crippen molar-refractivity contribution in [3.8, 4) is 55.6 Å². The first-order chi connectivity index (χ1) is 30.4. The predicted molar refractivity (Wildman–Crippen MR) is 272 cm³/mol. The van der Waals surface area contributed by atoms with Gasteiger partial charge in [0, 0.05) is 0 Å². The van der Waals surface area contributed by atoms with Gasteiger partial charge in [-0.25, -0.2) is 0 Å². The lowest BCUT2D eigenvalue weighted by atomic mass is 9.86. The summed E-state index contributed by atoms with van der Waals surface area (Å²) in [5, 5.41) is 5.16. The molecule has 8 aromatic carbocycles. The standard InChI is InChI=1S/C62H66/c1-5-7-9-11-13-17-27-49-44-62(53(34-46(49)4)28-18-14-12-10-8-6-2)61-42-58(52-32-31-51-35-54-33-45(3)29-30-50(54)36-57(51)37-52)41-60(43-61)59-39-55(47-23-19-15-20-24-47)38-56(40-59)48-25-21-16-22-26-48/h15-16,19-26,29-44H,5-14,17-18,27-28H2,1-4H3. The van der Waals surface area contributed by atoms with Crippen molar-refractivity contribution >= 4 is 21.5 Å². The quantitative estimate of drug-likeness (QED) is 0.0564. The van der Waals surface area contributed by atoms with Gasteiger partial charge in [-0.1, -0.05) is 187 Å². The molecule has 0 aliphatic heterocycles. The summed E-state index contributed by atoms with van der Waals surface area (Å²) in [4.78, 5) is 0. The second kappa shape index (κ2) is 20.9. The molecular weight excluding hydrogens is 745 g/mol. The van der Waals surface area contributed by atoms with E-state index >= 15 is 0 Å². The molecule has 0 nitrogen and oxygen atoms in total. The Labute approximate surface area is 373 Å².